The Morgan fingerprint density at radius 2 is 1.78 bits per heavy atom. The number of nitrogens with zero attached hydrogens (tertiary/aromatic N) is 1. The van der Waals surface area contributed by atoms with Crippen molar-refractivity contribution in [3.05, 3.63) is 29.8 Å². The van der Waals surface area contributed by atoms with Crippen LogP contribution < -0.4 is 9.46 Å². The van der Waals surface area contributed by atoms with Crippen LogP contribution in [0.5, 0.6) is 5.75 Å². The molecule has 0 aliphatic heterocycles. The molecule has 0 unspecified atom stereocenters. The first-order valence-electron chi connectivity index (χ1n) is 7.51. The number of ether oxygens (including phenoxy) is 1. The maximum Gasteiger partial charge on any atom is 0.240 e. The van der Waals surface area contributed by atoms with Gasteiger partial charge in [-0.1, -0.05) is 26.0 Å². The summed E-state index contributed by atoms with van der Waals surface area (Å²) >= 11 is 0. The quantitative estimate of drug-likeness (QED) is 0.779. The van der Waals surface area contributed by atoms with Crippen LogP contribution in [0.4, 0.5) is 0 Å². The van der Waals surface area contributed by atoms with Gasteiger partial charge in [0.05, 0.1) is 19.4 Å². The molecule has 0 spiro atoms. The summed E-state index contributed by atoms with van der Waals surface area (Å²) in [4.78, 5) is 14.2. The fourth-order valence-electron chi connectivity index (χ4n) is 2.27. The molecule has 0 fully saturated rings. The van der Waals surface area contributed by atoms with Crippen LogP contribution in [-0.4, -0.2) is 45.2 Å². The Hall–Kier alpha value is -1.60. The molecule has 1 rings (SSSR count). The minimum Gasteiger partial charge on any atom is -0.497 e. The van der Waals surface area contributed by atoms with Crippen LogP contribution in [0.2, 0.25) is 0 Å². The number of carbonyl (C=O) groups is 1. The number of amides is 1. The van der Waals surface area contributed by atoms with Gasteiger partial charge in [-0.15, -0.1) is 0 Å². The topological polar surface area (TPSA) is 75.7 Å². The fourth-order valence-corrected chi connectivity index (χ4v) is 3.01. The lowest BCUT2D eigenvalue weighted by Gasteiger charge is -2.27. The summed E-state index contributed by atoms with van der Waals surface area (Å²) < 4.78 is 30.1. The minimum atomic E-state index is -3.43. The van der Waals surface area contributed by atoms with Crippen LogP contribution in [-0.2, 0) is 21.4 Å². The number of nitrogens with one attached hydrogen (secondary N) is 1. The Kier molecular flexibility index (Phi) is 7.02. The Labute approximate surface area is 138 Å². The zero-order valence-electron chi connectivity index (χ0n) is 14.4. The normalized spacial score (nSPS) is 13.0. The van der Waals surface area contributed by atoms with E-state index in [0.717, 1.165) is 17.6 Å². The molecule has 0 aliphatic rings. The lowest BCUT2D eigenvalue weighted by Crippen LogP contribution is -2.47. The van der Waals surface area contributed by atoms with E-state index in [1.54, 1.807) is 18.9 Å². The van der Waals surface area contributed by atoms with Crippen LogP contribution in [0.1, 0.15) is 26.3 Å². The highest BCUT2D eigenvalue weighted by atomic mass is 32.2. The summed E-state index contributed by atoms with van der Waals surface area (Å²) in [6.07, 6.45) is 1.05. The van der Waals surface area contributed by atoms with Gasteiger partial charge in [0.1, 0.15) is 5.75 Å². The van der Waals surface area contributed by atoms with Crippen LogP contribution in [0.15, 0.2) is 24.3 Å². The monoisotopic (exact) mass is 342 g/mol. The molecule has 0 saturated carbocycles. The summed E-state index contributed by atoms with van der Waals surface area (Å²) in [6, 6.07) is 6.68. The zero-order valence-corrected chi connectivity index (χ0v) is 15.2. The first-order valence-corrected chi connectivity index (χ1v) is 9.40. The third-order valence-electron chi connectivity index (χ3n) is 3.19. The second-order valence-corrected chi connectivity index (χ2v) is 7.85. The SMILES string of the molecule is COc1ccc(CN(CC(C)C)C(=O)[C@H](C)NS(C)(=O)=O)cc1. The highest BCUT2D eigenvalue weighted by Crippen LogP contribution is 2.14. The van der Waals surface area contributed by atoms with Gasteiger partial charge in [0, 0.05) is 13.1 Å². The predicted molar refractivity (Wildman–Crippen MR) is 90.7 cm³/mol. The standard InChI is InChI=1S/C16H26N2O4S/c1-12(2)10-18(16(19)13(3)17-23(5,20)21)11-14-6-8-15(22-4)9-7-14/h6-9,12-13,17H,10-11H2,1-5H3/t13-/m0/s1. The molecular formula is C16H26N2O4S. The molecule has 0 aliphatic carbocycles. The van der Waals surface area contributed by atoms with Gasteiger partial charge in [-0.2, -0.15) is 0 Å². The second-order valence-electron chi connectivity index (χ2n) is 6.07. The molecule has 0 aromatic heterocycles. The van der Waals surface area contributed by atoms with Gasteiger partial charge in [-0.05, 0) is 30.5 Å². The highest BCUT2D eigenvalue weighted by Gasteiger charge is 2.23. The number of carbonyl (C=O) groups excluding carboxylic acids is 1. The van der Waals surface area contributed by atoms with Gasteiger partial charge in [0.2, 0.25) is 15.9 Å². The molecule has 0 saturated heterocycles. The van der Waals surface area contributed by atoms with Crippen molar-refractivity contribution in [1.82, 2.24) is 9.62 Å². The lowest BCUT2D eigenvalue weighted by atomic mass is 10.1. The molecule has 130 valence electrons. The summed E-state index contributed by atoms with van der Waals surface area (Å²) in [5.74, 6) is 0.796. The van der Waals surface area contributed by atoms with Crippen molar-refractivity contribution in [3.63, 3.8) is 0 Å². The number of hydrogen-bond acceptors (Lipinski definition) is 4. The Bertz CT molecular complexity index is 611. The number of benzene rings is 1. The molecule has 1 amide bonds. The first-order chi connectivity index (χ1) is 10.6. The van der Waals surface area contributed by atoms with E-state index in [1.165, 1.54) is 0 Å². The van der Waals surface area contributed by atoms with Crippen molar-refractivity contribution < 1.29 is 17.9 Å². The second kappa shape index (κ2) is 8.31. The molecule has 7 heteroatoms. The predicted octanol–water partition coefficient (Wildman–Crippen LogP) is 1.62. The summed E-state index contributed by atoms with van der Waals surface area (Å²) in [5.41, 5.74) is 0.964. The molecule has 1 aromatic rings. The zero-order chi connectivity index (χ0) is 17.6. The van der Waals surface area contributed by atoms with Crippen molar-refractivity contribution in [2.45, 2.75) is 33.4 Å². The van der Waals surface area contributed by atoms with Crippen molar-refractivity contribution in [2.75, 3.05) is 19.9 Å². The Morgan fingerprint density at radius 1 is 1.22 bits per heavy atom. The number of rotatable bonds is 8. The minimum absolute atomic E-state index is 0.236. The van der Waals surface area contributed by atoms with E-state index in [0.29, 0.717) is 13.1 Å². The first kappa shape index (κ1) is 19.4. The van der Waals surface area contributed by atoms with Gasteiger partial charge >= 0.3 is 0 Å². The molecule has 23 heavy (non-hydrogen) atoms. The third kappa shape index (κ3) is 7.00. The van der Waals surface area contributed by atoms with Crippen molar-refractivity contribution in [1.29, 1.82) is 0 Å². The summed E-state index contributed by atoms with van der Waals surface area (Å²) in [5, 5.41) is 0. The van der Waals surface area contributed by atoms with Crippen LogP contribution in [0.3, 0.4) is 0 Å². The molecule has 6 nitrogen and oxygen atoms in total. The molecule has 1 atom stereocenters. The molecular weight excluding hydrogens is 316 g/mol. The van der Waals surface area contributed by atoms with E-state index in [2.05, 4.69) is 4.72 Å². The van der Waals surface area contributed by atoms with Gasteiger partial charge in [0.25, 0.3) is 0 Å². The van der Waals surface area contributed by atoms with E-state index in [9.17, 15) is 13.2 Å². The van der Waals surface area contributed by atoms with E-state index < -0.39 is 16.1 Å². The van der Waals surface area contributed by atoms with E-state index in [-0.39, 0.29) is 11.8 Å². The van der Waals surface area contributed by atoms with Crippen molar-refractivity contribution in [2.24, 2.45) is 5.92 Å². The number of methoxy groups -OCH3 is 1. The molecule has 1 N–H and O–H groups in total. The summed E-state index contributed by atoms with van der Waals surface area (Å²) in [7, 11) is -1.83. The number of sulfonamides is 1. The smallest absolute Gasteiger partial charge is 0.240 e. The lowest BCUT2D eigenvalue weighted by molar-refractivity contribution is -0.133. The Balaban J connectivity index is 2.87. The van der Waals surface area contributed by atoms with Gasteiger partial charge in [-0.3, -0.25) is 4.79 Å². The average molecular weight is 342 g/mol. The largest absolute Gasteiger partial charge is 0.497 e. The number of hydrogen-bond donors (Lipinski definition) is 1. The van der Waals surface area contributed by atoms with Crippen LogP contribution in [0.25, 0.3) is 0 Å². The van der Waals surface area contributed by atoms with E-state index >= 15 is 0 Å². The molecule has 0 heterocycles. The van der Waals surface area contributed by atoms with E-state index in [4.69, 9.17) is 4.74 Å². The fraction of sp³-hybridized carbons (Fsp3) is 0.562. The van der Waals surface area contributed by atoms with Crippen LogP contribution >= 0.6 is 0 Å². The molecule has 0 radical (unpaired) electrons. The molecule has 0 bridgehead atoms. The maximum absolute atomic E-state index is 12.6. The van der Waals surface area contributed by atoms with Gasteiger partial charge < -0.3 is 9.64 Å². The molecule has 1 aromatic carbocycles. The Morgan fingerprint density at radius 3 is 2.22 bits per heavy atom. The van der Waals surface area contributed by atoms with Gasteiger partial charge in [-0.25, -0.2) is 13.1 Å². The van der Waals surface area contributed by atoms with Crippen molar-refractivity contribution >= 4 is 15.9 Å². The van der Waals surface area contributed by atoms with Crippen LogP contribution in [0, 0.1) is 5.92 Å². The highest BCUT2D eigenvalue weighted by molar-refractivity contribution is 7.88. The third-order valence-corrected chi connectivity index (χ3v) is 3.97. The maximum atomic E-state index is 12.6. The van der Waals surface area contributed by atoms with Crippen molar-refractivity contribution in [3.8, 4) is 5.75 Å². The van der Waals surface area contributed by atoms with E-state index in [1.807, 2.05) is 38.1 Å². The van der Waals surface area contributed by atoms with Gasteiger partial charge in [0.15, 0.2) is 0 Å². The average Bonchev–Trinajstić information content (AvgIpc) is 2.44. The summed E-state index contributed by atoms with van der Waals surface area (Å²) in [6.45, 7) is 6.58.